The summed E-state index contributed by atoms with van der Waals surface area (Å²) in [6, 6.07) is 27.8. The quantitative estimate of drug-likeness (QED) is 0.456. The van der Waals surface area contributed by atoms with Gasteiger partial charge in [0.2, 0.25) is 11.8 Å². The molecule has 0 aromatic heterocycles. The van der Waals surface area contributed by atoms with E-state index in [0.717, 1.165) is 28.4 Å². The molecule has 1 saturated carbocycles. The van der Waals surface area contributed by atoms with Crippen LogP contribution in [0, 0.1) is 11.8 Å². The second-order valence-corrected chi connectivity index (χ2v) is 9.07. The number of nitrogens with zero attached hydrogens (tertiary/aromatic N) is 1. The van der Waals surface area contributed by atoms with Crippen LogP contribution in [-0.4, -0.2) is 11.8 Å². The van der Waals surface area contributed by atoms with E-state index < -0.39 is 0 Å². The molecule has 1 saturated heterocycles. The molecule has 5 rings (SSSR count). The van der Waals surface area contributed by atoms with Crippen LogP contribution in [0.15, 0.2) is 89.4 Å². The summed E-state index contributed by atoms with van der Waals surface area (Å²) in [6.07, 6.45) is 1.80. The highest BCUT2D eigenvalue weighted by molar-refractivity contribution is 9.10. The topological polar surface area (TPSA) is 37.4 Å². The third-order valence-corrected chi connectivity index (χ3v) is 7.12. The van der Waals surface area contributed by atoms with E-state index in [2.05, 4.69) is 40.2 Å². The molecule has 1 heterocycles. The van der Waals surface area contributed by atoms with Crippen molar-refractivity contribution in [1.29, 1.82) is 0 Å². The summed E-state index contributed by atoms with van der Waals surface area (Å²) in [7, 11) is 0. The van der Waals surface area contributed by atoms with Gasteiger partial charge in [-0.3, -0.25) is 14.5 Å². The van der Waals surface area contributed by atoms with E-state index in [-0.39, 0.29) is 35.5 Å². The molecule has 3 aromatic rings. The van der Waals surface area contributed by atoms with E-state index in [1.54, 1.807) is 0 Å². The van der Waals surface area contributed by atoms with Crippen LogP contribution < -0.4 is 4.90 Å². The minimum absolute atomic E-state index is 0.0630. The minimum atomic E-state index is -0.331. The summed E-state index contributed by atoms with van der Waals surface area (Å²) >= 11 is 3.44. The van der Waals surface area contributed by atoms with E-state index in [1.807, 2.05) is 60.7 Å². The first kappa shape index (κ1) is 19.3. The van der Waals surface area contributed by atoms with Gasteiger partial charge in [-0.2, -0.15) is 0 Å². The second kappa shape index (κ2) is 7.84. The SMILES string of the molecule is O=C1[C@H]2[C@H](C(=O)N1c1ccc(Br)cc1)[C@H](c1ccccc1)CC[C@H]2c1ccccc1. The Morgan fingerprint density at radius 2 is 1.07 bits per heavy atom. The zero-order chi connectivity index (χ0) is 20.7. The molecule has 0 radical (unpaired) electrons. The second-order valence-electron chi connectivity index (χ2n) is 8.15. The molecular formula is C26H22BrNO2. The Morgan fingerprint density at radius 3 is 1.50 bits per heavy atom. The maximum absolute atomic E-state index is 13.7. The predicted molar refractivity (Wildman–Crippen MR) is 121 cm³/mol. The lowest BCUT2D eigenvalue weighted by molar-refractivity contribution is -0.122. The average Bonchev–Trinajstić information content (AvgIpc) is 3.06. The molecule has 30 heavy (non-hydrogen) atoms. The molecule has 3 aromatic carbocycles. The van der Waals surface area contributed by atoms with Crippen molar-refractivity contribution in [1.82, 2.24) is 0 Å². The Hall–Kier alpha value is -2.72. The molecule has 0 unspecified atom stereocenters. The molecule has 4 atom stereocenters. The Labute approximate surface area is 184 Å². The van der Waals surface area contributed by atoms with Crippen molar-refractivity contribution in [3.8, 4) is 0 Å². The molecule has 0 spiro atoms. The zero-order valence-electron chi connectivity index (χ0n) is 16.4. The van der Waals surface area contributed by atoms with Crippen LogP contribution in [0.2, 0.25) is 0 Å². The number of hydrogen-bond donors (Lipinski definition) is 0. The normalized spacial score (nSPS) is 26.0. The Balaban J connectivity index is 1.60. The van der Waals surface area contributed by atoms with Crippen molar-refractivity contribution < 1.29 is 9.59 Å². The number of halogens is 1. The predicted octanol–water partition coefficient (Wildman–Crippen LogP) is 5.92. The number of carbonyl (C=O) groups excluding carboxylic acids is 2. The van der Waals surface area contributed by atoms with Gasteiger partial charge in [0, 0.05) is 4.47 Å². The lowest BCUT2D eigenvalue weighted by Gasteiger charge is -2.37. The van der Waals surface area contributed by atoms with Crippen molar-refractivity contribution in [2.24, 2.45) is 11.8 Å². The first-order chi connectivity index (χ1) is 14.6. The smallest absolute Gasteiger partial charge is 0.238 e. The van der Waals surface area contributed by atoms with Gasteiger partial charge in [-0.05, 0) is 60.1 Å². The third-order valence-electron chi connectivity index (χ3n) is 6.59. The number of anilines is 1. The lowest BCUT2D eigenvalue weighted by Crippen LogP contribution is -2.34. The third kappa shape index (κ3) is 3.20. The van der Waals surface area contributed by atoms with Crippen LogP contribution in [-0.2, 0) is 9.59 Å². The van der Waals surface area contributed by atoms with E-state index in [0.29, 0.717) is 5.69 Å². The van der Waals surface area contributed by atoms with E-state index in [4.69, 9.17) is 0 Å². The number of carbonyl (C=O) groups is 2. The van der Waals surface area contributed by atoms with Gasteiger partial charge in [0.1, 0.15) is 0 Å². The summed E-state index contributed by atoms with van der Waals surface area (Å²) in [6.45, 7) is 0. The van der Waals surface area contributed by atoms with Gasteiger partial charge in [0.25, 0.3) is 0 Å². The largest absolute Gasteiger partial charge is 0.274 e. The van der Waals surface area contributed by atoms with Crippen LogP contribution in [0.25, 0.3) is 0 Å². The lowest BCUT2D eigenvalue weighted by atomic mass is 9.64. The highest BCUT2D eigenvalue weighted by Gasteiger charge is 2.56. The molecule has 0 N–H and O–H groups in total. The van der Waals surface area contributed by atoms with Crippen LogP contribution >= 0.6 is 15.9 Å². The van der Waals surface area contributed by atoms with Gasteiger partial charge in [-0.25, -0.2) is 0 Å². The Morgan fingerprint density at radius 1 is 0.633 bits per heavy atom. The van der Waals surface area contributed by atoms with Crippen molar-refractivity contribution >= 4 is 33.4 Å². The number of imide groups is 1. The van der Waals surface area contributed by atoms with Gasteiger partial charge >= 0.3 is 0 Å². The summed E-state index contributed by atoms with van der Waals surface area (Å²) in [5.74, 6) is -0.672. The fourth-order valence-corrected chi connectivity index (χ4v) is 5.53. The first-order valence-electron chi connectivity index (χ1n) is 10.4. The molecule has 1 aliphatic carbocycles. The summed E-state index contributed by atoms with van der Waals surface area (Å²) < 4.78 is 0.923. The van der Waals surface area contributed by atoms with Crippen LogP contribution in [0.5, 0.6) is 0 Å². The van der Waals surface area contributed by atoms with Gasteiger partial charge in [-0.1, -0.05) is 76.6 Å². The standard InChI is InChI=1S/C26H22BrNO2/c27-19-11-13-20(14-12-19)28-25(29)23-21(17-7-3-1-4-8-17)15-16-22(24(23)26(28)30)18-9-5-2-6-10-18/h1-14,21-24H,15-16H2/t21-,22-,23+,24+/m0/s1. The fraction of sp³-hybridized carbons (Fsp3) is 0.231. The number of fused-ring (bicyclic) bond motifs is 1. The average molecular weight is 460 g/mol. The summed E-state index contributed by atoms with van der Waals surface area (Å²) in [5, 5.41) is 0. The first-order valence-corrected chi connectivity index (χ1v) is 11.2. The maximum Gasteiger partial charge on any atom is 0.238 e. The number of hydrogen-bond acceptors (Lipinski definition) is 2. The van der Waals surface area contributed by atoms with Crippen LogP contribution in [0.3, 0.4) is 0 Å². The molecule has 150 valence electrons. The van der Waals surface area contributed by atoms with Crippen molar-refractivity contribution in [3.63, 3.8) is 0 Å². The molecule has 2 fully saturated rings. The highest BCUT2D eigenvalue weighted by atomic mass is 79.9. The molecule has 1 aliphatic heterocycles. The van der Waals surface area contributed by atoms with Crippen molar-refractivity contribution in [3.05, 3.63) is 101 Å². The van der Waals surface area contributed by atoms with E-state index in [9.17, 15) is 9.59 Å². The Kier molecular flexibility index (Phi) is 5.03. The minimum Gasteiger partial charge on any atom is -0.274 e. The summed E-state index contributed by atoms with van der Waals surface area (Å²) in [5.41, 5.74) is 2.96. The van der Waals surface area contributed by atoms with Crippen molar-refractivity contribution in [2.75, 3.05) is 4.90 Å². The van der Waals surface area contributed by atoms with Gasteiger partial charge < -0.3 is 0 Å². The highest BCUT2D eigenvalue weighted by Crippen LogP contribution is 2.53. The van der Waals surface area contributed by atoms with Crippen LogP contribution in [0.1, 0.15) is 35.8 Å². The monoisotopic (exact) mass is 459 g/mol. The van der Waals surface area contributed by atoms with E-state index in [1.165, 1.54) is 4.90 Å². The zero-order valence-corrected chi connectivity index (χ0v) is 18.0. The Bertz CT molecular complexity index is 1000. The van der Waals surface area contributed by atoms with E-state index >= 15 is 0 Å². The molecular weight excluding hydrogens is 438 g/mol. The van der Waals surface area contributed by atoms with Crippen LogP contribution in [0.4, 0.5) is 5.69 Å². The number of rotatable bonds is 3. The number of amides is 2. The van der Waals surface area contributed by atoms with Gasteiger partial charge in [0.05, 0.1) is 17.5 Å². The molecule has 0 bridgehead atoms. The molecule has 2 aliphatic rings. The molecule has 4 heteroatoms. The van der Waals surface area contributed by atoms with Crippen molar-refractivity contribution in [2.45, 2.75) is 24.7 Å². The summed E-state index contributed by atoms with van der Waals surface area (Å²) in [4.78, 5) is 28.8. The number of benzene rings is 3. The molecule has 3 nitrogen and oxygen atoms in total. The van der Waals surface area contributed by atoms with Gasteiger partial charge in [-0.15, -0.1) is 0 Å². The molecule has 2 amide bonds. The fourth-order valence-electron chi connectivity index (χ4n) is 5.27. The maximum atomic E-state index is 13.7. The van der Waals surface area contributed by atoms with Gasteiger partial charge in [0.15, 0.2) is 0 Å².